The van der Waals surface area contributed by atoms with E-state index >= 15 is 0 Å². The van der Waals surface area contributed by atoms with Crippen molar-refractivity contribution < 1.29 is 4.74 Å². The number of H-pyrrole nitrogens is 1. The molecule has 5 rings (SSSR count). The van der Waals surface area contributed by atoms with Crippen molar-refractivity contribution in [1.82, 2.24) is 30.5 Å². The number of thiazole rings is 1. The van der Waals surface area contributed by atoms with Crippen LogP contribution >= 0.6 is 11.3 Å². The average molecular weight is 436 g/mol. The summed E-state index contributed by atoms with van der Waals surface area (Å²) in [7, 11) is 0. The summed E-state index contributed by atoms with van der Waals surface area (Å²) in [5.74, 6) is 1.48. The number of hydrogen-bond acceptors (Lipinski definition) is 8. The Morgan fingerprint density at radius 3 is 2.68 bits per heavy atom. The number of aromatic amines is 1. The highest BCUT2D eigenvalue weighted by Gasteiger charge is 2.22. The van der Waals surface area contributed by atoms with E-state index in [9.17, 15) is 0 Å². The number of ether oxygens (including phenoxy) is 1. The number of benzene rings is 2. The van der Waals surface area contributed by atoms with E-state index in [0.29, 0.717) is 5.82 Å². The quantitative estimate of drug-likeness (QED) is 0.496. The van der Waals surface area contributed by atoms with Gasteiger partial charge < -0.3 is 9.64 Å². The number of nitrogens with zero attached hydrogens (tertiary/aromatic N) is 6. The van der Waals surface area contributed by atoms with Crippen molar-refractivity contribution >= 4 is 26.7 Å². The van der Waals surface area contributed by atoms with Crippen LogP contribution in [-0.2, 0) is 6.54 Å². The van der Waals surface area contributed by atoms with Crippen molar-refractivity contribution in [2.24, 2.45) is 0 Å². The van der Waals surface area contributed by atoms with E-state index in [1.165, 1.54) is 4.70 Å². The topological polar surface area (TPSA) is 83.1 Å². The molecule has 1 aliphatic rings. The maximum absolute atomic E-state index is 5.92. The van der Waals surface area contributed by atoms with Crippen molar-refractivity contribution in [1.29, 1.82) is 0 Å². The highest BCUT2D eigenvalue weighted by atomic mass is 32.1. The monoisotopic (exact) mass is 435 g/mol. The van der Waals surface area contributed by atoms with Crippen LogP contribution in [0.3, 0.4) is 0 Å². The van der Waals surface area contributed by atoms with E-state index in [0.717, 1.165) is 60.2 Å². The van der Waals surface area contributed by atoms with Crippen LogP contribution in [0.15, 0.2) is 42.5 Å². The van der Waals surface area contributed by atoms with Crippen molar-refractivity contribution in [3.8, 4) is 17.1 Å². The van der Waals surface area contributed by atoms with Crippen LogP contribution in [-0.4, -0.2) is 62.8 Å². The summed E-state index contributed by atoms with van der Waals surface area (Å²) in [6.07, 6.45) is 0.126. The molecule has 9 heteroatoms. The van der Waals surface area contributed by atoms with Gasteiger partial charge in [0, 0.05) is 38.3 Å². The number of rotatable bonds is 6. The highest BCUT2D eigenvalue weighted by Crippen LogP contribution is 2.30. The molecule has 8 nitrogen and oxygen atoms in total. The van der Waals surface area contributed by atoms with Crippen molar-refractivity contribution in [2.45, 2.75) is 26.5 Å². The predicted octanol–water partition coefficient (Wildman–Crippen LogP) is 3.59. The SMILES string of the molecule is CC(C)Oc1ccc(-c2nn[nH]n2)c(CN2CCN(c3nc4ccccc4s3)CC2)c1. The second-order valence-electron chi connectivity index (χ2n) is 7.95. The van der Waals surface area contributed by atoms with E-state index in [1.807, 2.05) is 32.0 Å². The van der Waals surface area contributed by atoms with Gasteiger partial charge >= 0.3 is 0 Å². The molecule has 4 aromatic rings. The molecule has 1 fully saturated rings. The number of piperazine rings is 1. The van der Waals surface area contributed by atoms with Gasteiger partial charge in [-0.3, -0.25) is 4.90 Å². The molecule has 1 saturated heterocycles. The van der Waals surface area contributed by atoms with Crippen molar-refractivity contribution in [2.75, 3.05) is 31.1 Å². The fourth-order valence-corrected chi connectivity index (χ4v) is 4.89. The number of nitrogens with one attached hydrogen (secondary N) is 1. The van der Waals surface area contributed by atoms with E-state index in [1.54, 1.807) is 11.3 Å². The Morgan fingerprint density at radius 2 is 1.94 bits per heavy atom. The molecule has 1 aliphatic heterocycles. The molecular weight excluding hydrogens is 410 g/mol. The smallest absolute Gasteiger partial charge is 0.204 e. The van der Waals surface area contributed by atoms with Gasteiger partial charge in [0.15, 0.2) is 5.13 Å². The molecule has 0 radical (unpaired) electrons. The summed E-state index contributed by atoms with van der Waals surface area (Å²) in [4.78, 5) is 9.66. The first kappa shape index (κ1) is 19.9. The Hall–Kier alpha value is -3.04. The maximum atomic E-state index is 5.92. The molecule has 160 valence electrons. The molecule has 0 amide bonds. The fraction of sp³-hybridized carbons (Fsp3) is 0.364. The zero-order chi connectivity index (χ0) is 21.2. The van der Waals surface area contributed by atoms with Crippen molar-refractivity contribution in [3.05, 3.63) is 48.0 Å². The van der Waals surface area contributed by atoms with Crippen molar-refractivity contribution in [3.63, 3.8) is 0 Å². The average Bonchev–Trinajstić information content (AvgIpc) is 3.44. The van der Waals surface area contributed by atoms with Gasteiger partial charge in [0.1, 0.15) is 5.75 Å². The molecular formula is C22H25N7OS. The fourth-order valence-electron chi connectivity index (χ4n) is 3.87. The maximum Gasteiger partial charge on any atom is 0.204 e. The van der Waals surface area contributed by atoms with Gasteiger partial charge in [0.25, 0.3) is 0 Å². The van der Waals surface area contributed by atoms with E-state index in [4.69, 9.17) is 9.72 Å². The van der Waals surface area contributed by atoms with Crippen LogP contribution in [0.25, 0.3) is 21.6 Å². The third kappa shape index (κ3) is 4.38. The number of aromatic nitrogens is 5. The van der Waals surface area contributed by atoms with Crippen LogP contribution in [0.5, 0.6) is 5.75 Å². The van der Waals surface area contributed by atoms with Crippen LogP contribution in [0.2, 0.25) is 0 Å². The Balaban J connectivity index is 1.31. The molecule has 0 saturated carbocycles. The number of fused-ring (bicyclic) bond motifs is 1. The summed E-state index contributed by atoms with van der Waals surface area (Å²) in [5, 5.41) is 15.8. The Labute approximate surface area is 184 Å². The number of tetrazole rings is 1. The first-order valence-electron chi connectivity index (χ1n) is 10.5. The Bertz CT molecular complexity index is 1120. The Morgan fingerprint density at radius 1 is 1.10 bits per heavy atom. The summed E-state index contributed by atoms with van der Waals surface area (Å²) in [6, 6.07) is 14.4. The van der Waals surface area contributed by atoms with E-state index in [-0.39, 0.29) is 6.10 Å². The first-order chi connectivity index (χ1) is 15.2. The lowest BCUT2D eigenvalue weighted by atomic mass is 10.1. The lowest BCUT2D eigenvalue weighted by Crippen LogP contribution is -2.46. The molecule has 0 unspecified atom stereocenters. The summed E-state index contributed by atoms with van der Waals surface area (Å²) in [6.45, 7) is 8.74. The molecule has 0 bridgehead atoms. The molecule has 0 spiro atoms. The van der Waals surface area contributed by atoms with E-state index < -0.39 is 0 Å². The second-order valence-corrected chi connectivity index (χ2v) is 8.96. The van der Waals surface area contributed by atoms with Crippen LogP contribution in [0, 0.1) is 0 Å². The van der Waals surface area contributed by atoms with Gasteiger partial charge in [0.05, 0.1) is 16.3 Å². The zero-order valence-electron chi connectivity index (χ0n) is 17.7. The van der Waals surface area contributed by atoms with E-state index in [2.05, 4.69) is 54.7 Å². The minimum Gasteiger partial charge on any atom is -0.491 e. The summed E-state index contributed by atoms with van der Waals surface area (Å²) < 4.78 is 7.16. The van der Waals surface area contributed by atoms with Gasteiger partial charge in [-0.2, -0.15) is 5.21 Å². The minimum absolute atomic E-state index is 0.126. The van der Waals surface area contributed by atoms with Gasteiger partial charge in [-0.1, -0.05) is 23.5 Å². The standard InChI is InChI=1S/C22H25N7OS/c1-15(2)30-17-7-8-18(21-24-26-27-25-21)16(13-17)14-28-9-11-29(12-10-28)22-23-19-5-3-4-6-20(19)31-22/h3-8,13,15H,9-12,14H2,1-2H3,(H,24,25,26,27). The number of para-hydroxylation sites is 1. The molecule has 2 aromatic carbocycles. The Kier molecular flexibility index (Phi) is 5.52. The van der Waals surface area contributed by atoms with Crippen LogP contribution in [0.1, 0.15) is 19.4 Å². The first-order valence-corrected chi connectivity index (χ1v) is 11.3. The lowest BCUT2D eigenvalue weighted by Gasteiger charge is -2.34. The van der Waals surface area contributed by atoms with Gasteiger partial charge in [-0.25, -0.2) is 4.98 Å². The predicted molar refractivity (Wildman–Crippen MR) is 122 cm³/mol. The van der Waals surface area contributed by atoms with Gasteiger partial charge in [-0.05, 0) is 55.0 Å². The minimum atomic E-state index is 0.126. The zero-order valence-corrected chi connectivity index (χ0v) is 18.5. The van der Waals surface area contributed by atoms with Gasteiger partial charge in [0.2, 0.25) is 5.82 Å². The van der Waals surface area contributed by atoms with Crippen LogP contribution < -0.4 is 9.64 Å². The third-order valence-electron chi connectivity index (χ3n) is 5.35. The molecule has 0 atom stereocenters. The number of anilines is 1. The largest absolute Gasteiger partial charge is 0.491 e. The molecule has 1 N–H and O–H groups in total. The lowest BCUT2D eigenvalue weighted by molar-refractivity contribution is 0.238. The molecule has 31 heavy (non-hydrogen) atoms. The van der Waals surface area contributed by atoms with Gasteiger partial charge in [-0.15, -0.1) is 10.2 Å². The third-order valence-corrected chi connectivity index (χ3v) is 6.45. The van der Waals surface area contributed by atoms with Crippen LogP contribution in [0.4, 0.5) is 5.13 Å². The molecule has 2 aromatic heterocycles. The molecule has 3 heterocycles. The highest BCUT2D eigenvalue weighted by molar-refractivity contribution is 7.22. The molecule has 0 aliphatic carbocycles. The normalized spacial score (nSPS) is 15.1. The summed E-state index contributed by atoms with van der Waals surface area (Å²) >= 11 is 1.77. The second kappa shape index (κ2) is 8.60. The summed E-state index contributed by atoms with van der Waals surface area (Å²) in [5.41, 5.74) is 3.21. The number of hydrogen-bond donors (Lipinski definition) is 1.